The molecular weight excluding hydrogens is 380 g/mol. The topological polar surface area (TPSA) is 67.4 Å². The summed E-state index contributed by atoms with van der Waals surface area (Å²) in [7, 11) is 7.34. The fraction of sp³-hybridized carbons (Fsp3) is 0.435. The van der Waals surface area contributed by atoms with Crippen LogP contribution in [-0.2, 0) is 13.1 Å². The number of ether oxygens (including phenoxy) is 3. The van der Waals surface area contributed by atoms with Gasteiger partial charge in [-0.05, 0) is 56.4 Å². The van der Waals surface area contributed by atoms with E-state index in [1.54, 1.807) is 14.2 Å². The van der Waals surface area contributed by atoms with Gasteiger partial charge in [0.25, 0.3) is 0 Å². The molecule has 2 rings (SSSR count). The average molecular weight is 415 g/mol. The normalized spacial score (nSPS) is 11.3. The molecule has 0 aliphatic heterocycles. The van der Waals surface area contributed by atoms with Gasteiger partial charge in [0.15, 0.2) is 17.5 Å². The van der Waals surface area contributed by atoms with E-state index in [9.17, 15) is 0 Å². The molecule has 2 aromatic rings. The van der Waals surface area contributed by atoms with Gasteiger partial charge >= 0.3 is 0 Å². The summed E-state index contributed by atoms with van der Waals surface area (Å²) in [5.41, 5.74) is 2.18. The highest BCUT2D eigenvalue weighted by Gasteiger charge is 2.06. The highest BCUT2D eigenvalue weighted by atomic mass is 16.5. The molecule has 0 saturated carbocycles. The number of nitrogens with one attached hydrogen (secondary N) is 2. The fourth-order valence-corrected chi connectivity index (χ4v) is 2.77. The summed E-state index contributed by atoms with van der Waals surface area (Å²) in [4.78, 5) is 6.80. The van der Waals surface area contributed by atoms with E-state index in [4.69, 9.17) is 19.2 Å². The summed E-state index contributed by atoms with van der Waals surface area (Å²) in [6.45, 7) is 5.56. The number of benzene rings is 2. The Balaban J connectivity index is 1.97. The Kier molecular flexibility index (Phi) is 9.80. The van der Waals surface area contributed by atoms with Crippen LogP contribution in [0.3, 0.4) is 0 Å². The van der Waals surface area contributed by atoms with Crippen LogP contribution < -0.4 is 24.8 Å². The highest BCUT2D eigenvalue weighted by Crippen LogP contribution is 2.27. The second kappa shape index (κ2) is 12.6. The second-order valence-electron chi connectivity index (χ2n) is 7.04. The predicted octanol–water partition coefficient (Wildman–Crippen LogP) is 2.90. The Labute approximate surface area is 180 Å². The largest absolute Gasteiger partial charge is 0.493 e. The van der Waals surface area contributed by atoms with Gasteiger partial charge < -0.3 is 29.7 Å². The van der Waals surface area contributed by atoms with Gasteiger partial charge in [0, 0.05) is 19.6 Å². The van der Waals surface area contributed by atoms with Crippen LogP contribution in [0.4, 0.5) is 0 Å². The summed E-state index contributed by atoms with van der Waals surface area (Å²) in [5.74, 6) is 3.05. The SMILES string of the molecule is CCNC(=NCc1cccc(OCCN(C)C)c1)NCc1ccc(OC)c(OC)c1. The van der Waals surface area contributed by atoms with E-state index in [1.165, 1.54) is 0 Å². The maximum atomic E-state index is 5.81. The van der Waals surface area contributed by atoms with Crippen LogP contribution in [-0.4, -0.2) is 58.9 Å². The lowest BCUT2D eigenvalue weighted by molar-refractivity contribution is 0.261. The quantitative estimate of drug-likeness (QED) is 0.435. The number of hydrogen-bond donors (Lipinski definition) is 2. The minimum atomic E-state index is 0.562. The third kappa shape index (κ3) is 7.83. The standard InChI is InChI=1S/C23H34N4O3/c1-6-24-23(26-17-19-10-11-21(28-4)22(15-19)29-5)25-16-18-8-7-9-20(14-18)30-13-12-27(2)3/h7-11,14-15H,6,12-13,16-17H2,1-5H3,(H2,24,25,26). The van der Waals surface area contributed by atoms with Gasteiger partial charge in [-0.1, -0.05) is 18.2 Å². The molecule has 2 aromatic carbocycles. The lowest BCUT2D eigenvalue weighted by atomic mass is 10.2. The molecular formula is C23H34N4O3. The second-order valence-corrected chi connectivity index (χ2v) is 7.04. The molecule has 2 N–H and O–H groups in total. The maximum Gasteiger partial charge on any atom is 0.191 e. The van der Waals surface area contributed by atoms with E-state index in [2.05, 4.69) is 21.6 Å². The molecule has 0 heterocycles. The molecule has 7 heteroatoms. The molecule has 7 nitrogen and oxygen atoms in total. The number of rotatable bonds is 11. The van der Waals surface area contributed by atoms with E-state index in [1.807, 2.05) is 57.4 Å². The number of guanidine groups is 1. The van der Waals surface area contributed by atoms with Crippen LogP contribution in [0.2, 0.25) is 0 Å². The zero-order chi connectivity index (χ0) is 21.8. The van der Waals surface area contributed by atoms with E-state index in [0.717, 1.165) is 41.7 Å². The smallest absolute Gasteiger partial charge is 0.191 e. The minimum Gasteiger partial charge on any atom is -0.493 e. The van der Waals surface area contributed by atoms with Crippen LogP contribution >= 0.6 is 0 Å². The first kappa shape index (κ1) is 23.3. The predicted molar refractivity (Wildman–Crippen MR) is 122 cm³/mol. The van der Waals surface area contributed by atoms with Gasteiger partial charge in [0.05, 0.1) is 20.8 Å². The molecule has 0 amide bonds. The van der Waals surface area contributed by atoms with Gasteiger partial charge in [-0.15, -0.1) is 0 Å². The van der Waals surface area contributed by atoms with E-state index in [-0.39, 0.29) is 0 Å². The third-order valence-electron chi connectivity index (χ3n) is 4.38. The summed E-state index contributed by atoms with van der Waals surface area (Å²) in [5, 5.41) is 6.64. The monoisotopic (exact) mass is 414 g/mol. The summed E-state index contributed by atoms with van der Waals surface area (Å²) < 4.78 is 16.5. The molecule has 0 aliphatic carbocycles. The Bertz CT molecular complexity index is 809. The Morgan fingerprint density at radius 1 is 0.967 bits per heavy atom. The van der Waals surface area contributed by atoms with Gasteiger partial charge in [-0.25, -0.2) is 4.99 Å². The zero-order valence-corrected chi connectivity index (χ0v) is 18.7. The van der Waals surface area contributed by atoms with Gasteiger partial charge in [0.1, 0.15) is 12.4 Å². The van der Waals surface area contributed by atoms with Crippen LogP contribution in [0.1, 0.15) is 18.1 Å². The fourth-order valence-electron chi connectivity index (χ4n) is 2.77. The number of nitrogens with zero attached hydrogens (tertiary/aromatic N) is 2. The van der Waals surface area contributed by atoms with Crippen molar-refractivity contribution in [3.8, 4) is 17.2 Å². The average Bonchev–Trinajstić information content (AvgIpc) is 2.75. The summed E-state index contributed by atoms with van der Waals surface area (Å²) in [6.07, 6.45) is 0. The first-order valence-corrected chi connectivity index (χ1v) is 10.1. The van der Waals surface area contributed by atoms with Crippen molar-refractivity contribution in [3.63, 3.8) is 0 Å². The highest BCUT2D eigenvalue weighted by molar-refractivity contribution is 5.79. The van der Waals surface area contributed by atoms with Crippen molar-refractivity contribution in [2.45, 2.75) is 20.0 Å². The molecule has 0 aromatic heterocycles. The van der Waals surface area contributed by atoms with Crippen molar-refractivity contribution in [1.29, 1.82) is 0 Å². The van der Waals surface area contributed by atoms with Crippen LogP contribution in [0.15, 0.2) is 47.5 Å². The molecule has 0 bridgehead atoms. The zero-order valence-electron chi connectivity index (χ0n) is 18.7. The lowest BCUT2D eigenvalue weighted by Crippen LogP contribution is -2.36. The van der Waals surface area contributed by atoms with Gasteiger partial charge in [-0.3, -0.25) is 0 Å². The molecule has 0 fully saturated rings. The number of hydrogen-bond acceptors (Lipinski definition) is 5. The first-order valence-electron chi connectivity index (χ1n) is 10.1. The minimum absolute atomic E-state index is 0.562. The van der Waals surface area contributed by atoms with Crippen molar-refractivity contribution in [2.75, 3.05) is 48.0 Å². The van der Waals surface area contributed by atoms with Gasteiger partial charge in [-0.2, -0.15) is 0 Å². The number of likely N-dealkylation sites (N-methyl/N-ethyl adjacent to an activating group) is 1. The molecule has 164 valence electrons. The van der Waals surface area contributed by atoms with E-state index < -0.39 is 0 Å². The van der Waals surface area contributed by atoms with Crippen molar-refractivity contribution >= 4 is 5.96 Å². The Hall–Kier alpha value is -2.93. The number of aliphatic imine (C=N–C) groups is 1. The third-order valence-corrected chi connectivity index (χ3v) is 4.38. The van der Waals surface area contributed by atoms with Crippen molar-refractivity contribution < 1.29 is 14.2 Å². The maximum absolute atomic E-state index is 5.81. The molecule has 0 saturated heterocycles. The number of methoxy groups -OCH3 is 2. The molecule has 0 radical (unpaired) electrons. The molecule has 0 atom stereocenters. The van der Waals surface area contributed by atoms with Crippen molar-refractivity contribution in [1.82, 2.24) is 15.5 Å². The lowest BCUT2D eigenvalue weighted by Gasteiger charge is -2.14. The van der Waals surface area contributed by atoms with E-state index >= 15 is 0 Å². The van der Waals surface area contributed by atoms with Crippen LogP contribution in [0.5, 0.6) is 17.2 Å². The van der Waals surface area contributed by atoms with Crippen molar-refractivity contribution in [3.05, 3.63) is 53.6 Å². The van der Waals surface area contributed by atoms with Crippen molar-refractivity contribution in [2.24, 2.45) is 4.99 Å². The Morgan fingerprint density at radius 2 is 1.77 bits per heavy atom. The summed E-state index contributed by atoms with van der Waals surface area (Å²) >= 11 is 0. The van der Waals surface area contributed by atoms with Gasteiger partial charge in [0.2, 0.25) is 0 Å². The summed E-state index contributed by atoms with van der Waals surface area (Å²) in [6, 6.07) is 13.9. The van der Waals surface area contributed by atoms with E-state index in [0.29, 0.717) is 25.4 Å². The molecule has 0 spiro atoms. The van der Waals surface area contributed by atoms with Crippen LogP contribution in [0, 0.1) is 0 Å². The van der Waals surface area contributed by atoms with Crippen LogP contribution in [0.25, 0.3) is 0 Å². The molecule has 0 unspecified atom stereocenters. The first-order chi connectivity index (χ1) is 14.5. The molecule has 30 heavy (non-hydrogen) atoms. The molecule has 0 aliphatic rings. The Morgan fingerprint density at radius 3 is 2.47 bits per heavy atom.